The third-order valence-corrected chi connectivity index (χ3v) is 6.24. The van der Waals surface area contributed by atoms with Crippen LogP contribution in [0, 0.1) is 23.7 Å². The molecule has 4 rings (SSSR count). The van der Waals surface area contributed by atoms with Gasteiger partial charge in [0.25, 0.3) is 5.91 Å². The highest BCUT2D eigenvalue weighted by atomic mass is 16.2. The maximum Gasteiger partial charge on any atom is 0.251 e. The first-order valence-electron chi connectivity index (χ1n) is 11.0. The number of nitrogens with one attached hydrogen (secondary N) is 3. The third kappa shape index (κ3) is 4.33. The highest BCUT2D eigenvalue weighted by Crippen LogP contribution is 2.52. The van der Waals surface area contributed by atoms with Gasteiger partial charge >= 0.3 is 0 Å². The second kappa shape index (κ2) is 9.32. The molecule has 1 aliphatic heterocycles. The van der Waals surface area contributed by atoms with Crippen LogP contribution in [-0.4, -0.2) is 61.3 Å². The highest BCUT2D eigenvalue weighted by Gasteiger charge is 2.58. The molecule has 1 saturated heterocycles. The molecule has 0 spiro atoms. The number of likely N-dealkylation sites (tertiary alicyclic amines) is 1. The van der Waals surface area contributed by atoms with Crippen LogP contribution >= 0.6 is 0 Å². The molecule has 1 aromatic carbocycles. The summed E-state index contributed by atoms with van der Waals surface area (Å²) in [6, 6.07) is 9.04. The van der Waals surface area contributed by atoms with E-state index in [4.69, 9.17) is 0 Å². The Balaban J connectivity index is 1.23. The van der Waals surface area contributed by atoms with Crippen LogP contribution in [-0.2, 0) is 9.59 Å². The molecule has 8 nitrogen and oxygen atoms in total. The van der Waals surface area contributed by atoms with Gasteiger partial charge in [0, 0.05) is 31.7 Å². The number of hydrogen-bond donors (Lipinski definition) is 3. The number of rotatable bonds is 8. The van der Waals surface area contributed by atoms with Crippen molar-refractivity contribution in [3.63, 3.8) is 0 Å². The van der Waals surface area contributed by atoms with E-state index in [0.29, 0.717) is 44.2 Å². The fraction of sp³-hybridized carbons (Fsp3) is 0.478. The molecule has 2 bridgehead atoms. The molecule has 3 amide bonds. The standard InChI is InChI=1S/C23H29N5O3/c1-2-24-23(26-11-10-25-20(29)15-6-4-3-5-7-15)27-12-13-28-21(30)18-16-8-9-17(14-16)19(18)22(28)31/h3-9,16-19H,2,10-14H2,1H3,(H,25,29)(H2,24,26,27). The average molecular weight is 424 g/mol. The molecule has 4 atom stereocenters. The van der Waals surface area contributed by atoms with Gasteiger partial charge in [-0.25, -0.2) is 0 Å². The van der Waals surface area contributed by atoms with E-state index in [1.165, 1.54) is 4.90 Å². The number of guanidine groups is 1. The summed E-state index contributed by atoms with van der Waals surface area (Å²) in [6.45, 7) is 4.23. The topological polar surface area (TPSA) is 103 Å². The summed E-state index contributed by atoms with van der Waals surface area (Å²) in [4.78, 5) is 43.4. The van der Waals surface area contributed by atoms with Gasteiger partial charge in [-0.3, -0.25) is 24.3 Å². The van der Waals surface area contributed by atoms with Gasteiger partial charge in [-0.05, 0) is 37.3 Å². The van der Waals surface area contributed by atoms with Gasteiger partial charge in [0.2, 0.25) is 11.8 Å². The van der Waals surface area contributed by atoms with Gasteiger partial charge in [-0.2, -0.15) is 0 Å². The van der Waals surface area contributed by atoms with Gasteiger partial charge in [-0.1, -0.05) is 30.4 Å². The molecule has 0 aromatic heterocycles. The molecular formula is C23H29N5O3. The molecule has 8 heteroatoms. The van der Waals surface area contributed by atoms with Gasteiger partial charge in [0.05, 0.1) is 18.4 Å². The maximum absolute atomic E-state index is 12.7. The molecular weight excluding hydrogens is 394 g/mol. The zero-order chi connectivity index (χ0) is 21.8. The van der Waals surface area contributed by atoms with Crippen LogP contribution in [0.25, 0.3) is 0 Å². The van der Waals surface area contributed by atoms with Crippen molar-refractivity contribution in [1.82, 2.24) is 20.9 Å². The molecule has 1 saturated carbocycles. The summed E-state index contributed by atoms with van der Waals surface area (Å²) in [5, 5.41) is 9.16. The Hall–Kier alpha value is -3.16. The van der Waals surface area contributed by atoms with Gasteiger partial charge in [0.1, 0.15) is 0 Å². The number of benzene rings is 1. The molecule has 2 fully saturated rings. The predicted molar refractivity (Wildman–Crippen MR) is 117 cm³/mol. The Morgan fingerprint density at radius 3 is 2.32 bits per heavy atom. The van der Waals surface area contributed by atoms with Gasteiger partial charge in [-0.15, -0.1) is 0 Å². The zero-order valence-corrected chi connectivity index (χ0v) is 17.7. The fourth-order valence-corrected chi connectivity index (χ4v) is 4.84. The lowest BCUT2D eigenvalue weighted by Crippen LogP contribution is -2.44. The number of allylic oxidation sites excluding steroid dienone is 2. The van der Waals surface area contributed by atoms with Gasteiger partial charge in [0.15, 0.2) is 5.96 Å². The van der Waals surface area contributed by atoms with Crippen molar-refractivity contribution in [2.75, 3.05) is 32.7 Å². The Morgan fingerprint density at radius 2 is 1.68 bits per heavy atom. The summed E-state index contributed by atoms with van der Waals surface area (Å²) in [5.41, 5.74) is 0.616. The molecule has 2 aliphatic carbocycles. The Bertz CT molecular complexity index is 868. The van der Waals surface area contributed by atoms with Gasteiger partial charge < -0.3 is 16.0 Å². The minimum Gasteiger partial charge on any atom is -0.357 e. The quantitative estimate of drug-likeness (QED) is 0.189. The zero-order valence-electron chi connectivity index (χ0n) is 17.7. The number of imide groups is 1. The van der Waals surface area contributed by atoms with Crippen LogP contribution in [0.5, 0.6) is 0 Å². The summed E-state index contributed by atoms with van der Waals surface area (Å²) < 4.78 is 0. The van der Waals surface area contributed by atoms with E-state index in [1.54, 1.807) is 12.1 Å². The number of nitrogens with zero attached hydrogens (tertiary/aromatic N) is 2. The monoisotopic (exact) mass is 423 g/mol. The molecule has 1 aromatic rings. The van der Waals surface area contributed by atoms with Crippen LogP contribution in [0.2, 0.25) is 0 Å². The lowest BCUT2D eigenvalue weighted by atomic mass is 9.85. The number of carbonyl (C=O) groups is 3. The van der Waals surface area contributed by atoms with Crippen molar-refractivity contribution in [2.24, 2.45) is 28.7 Å². The fourth-order valence-electron chi connectivity index (χ4n) is 4.84. The minimum atomic E-state index is -0.155. The lowest BCUT2D eigenvalue weighted by molar-refractivity contribution is -0.140. The minimum absolute atomic E-state index is 0.0285. The average Bonchev–Trinajstić information content (AvgIpc) is 3.46. The van der Waals surface area contributed by atoms with Crippen LogP contribution in [0.1, 0.15) is 23.7 Å². The Morgan fingerprint density at radius 1 is 1.00 bits per heavy atom. The smallest absolute Gasteiger partial charge is 0.251 e. The van der Waals surface area contributed by atoms with E-state index < -0.39 is 0 Å². The first kappa shape index (κ1) is 21.1. The Labute approximate surface area is 182 Å². The molecule has 3 aliphatic rings. The van der Waals surface area contributed by atoms with Crippen molar-refractivity contribution in [2.45, 2.75) is 13.3 Å². The van der Waals surface area contributed by atoms with Crippen molar-refractivity contribution >= 4 is 23.7 Å². The largest absolute Gasteiger partial charge is 0.357 e. The van der Waals surface area contributed by atoms with Crippen molar-refractivity contribution in [1.29, 1.82) is 0 Å². The van der Waals surface area contributed by atoms with Crippen molar-refractivity contribution in [3.8, 4) is 0 Å². The molecule has 3 N–H and O–H groups in total. The van der Waals surface area contributed by atoms with Crippen molar-refractivity contribution < 1.29 is 14.4 Å². The molecule has 1 heterocycles. The number of fused-ring (bicyclic) bond motifs is 5. The van der Waals surface area contributed by atoms with Crippen LogP contribution < -0.4 is 16.0 Å². The third-order valence-electron chi connectivity index (χ3n) is 6.24. The van der Waals surface area contributed by atoms with E-state index in [2.05, 4.69) is 33.1 Å². The summed E-state index contributed by atoms with van der Waals surface area (Å²) >= 11 is 0. The predicted octanol–water partition coefficient (Wildman–Crippen LogP) is 0.779. The number of carbonyl (C=O) groups excluding carboxylic acids is 3. The number of amides is 3. The molecule has 0 radical (unpaired) electrons. The highest BCUT2D eigenvalue weighted by molar-refractivity contribution is 6.06. The van der Waals surface area contributed by atoms with E-state index in [1.807, 2.05) is 25.1 Å². The number of aliphatic imine (C=N–C) groups is 1. The van der Waals surface area contributed by atoms with Crippen LogP contribution in [0.15, 0.2) is 47.5 Å². The van der Waals surface area contributed by atoms with E-state index >= 15 is 0 Å². The molecule has 31 heavy (non-hydrogen) atoms. The first-order chi connectivity index (χ1) is 15.1. The Kier molecular flexibility index (Phi) is 6.34. The summed E-state index contributed by atoms with van der Waals surface area (Å²) in [6.07, 6.45) is 5.15. The second-order valence-electron chi connectivity index (χ2n) is 8.14. The number of hydrogen-bond acceptors (Lipinski definition) is 4. The lowest BCUT2D eigenvalue weighted by Gasteiger charge is -2.18. The SMILES string of the molecule is CCNC(=NCCNC(=O)c1ccccc1)NCCN1C(=O)C2C3C=CC(C3)C2C1=O. The molecule has 164 valence electrons. The van der Waals surface area contributed by atoms with E-state index in [0.717, 1.165) is 6.42 Å². The van der Waals surface area contributed by atoms with Crippen LogP contribution in [0.3, 0.4) is 0 Å². The maximum atomic E-state index is 12.7. The van der Waals surface area contributed by atoms with E-state index in [9.17, 15) is 14.4 Å². The first-order valence-corrected chi connectivity index (χ1v) is 11.0. The normalized spacial score (nSPS) is 26.4. The summed E-state index contributed by atoms with van der Waals surface area (Å²) in [7, 11) is 0. The molecule has 4 unspecified atom stereocenters. The van der Waals surface area contributed by atoms with Crippen molar-refractivity contribution in [3.05, 3.63) is 48.0 Å². The van der Waals surface area contributed by atoms with Crippen LogP contribution in [0.4, 0.5) is 0 Å². The van der Waals surface area contributed by atoms with E-state index in [-0.39, 0.29) is 41.4 Å². The summed E-state index contributed by atoms with van der Waals surface area (Å²) in [5.74, 6) is 0.559. The second-order valence-corrected chi connectivity index (χ2v) is 8.14.